The molecular weight excluding hydrogens is 228 g/mol. The van der Waals surface area contributed by atoms with Crippen molar-refractivity contribution in [3.05, 3.63) is 28.8 Å². The maximum Gasteiger partial charge on any atom is 0.317 e. The minimum Gasteiger partial charge on any atom is -0.496 e. The lowest BCUT2D eigenvalue weighted by Crippen LogP contribution is -2.34. The fraction of sp³-hybridized carbons (Fsp3) is 0.364. The van der Waals surface area contributed by atoms with E-state index in [1.54, 1.807) is 44.3 Å². The maximum atomic E-state index is 11.3. The van der Waals surface area contributed by atoms with Gasteiger partial charge >= 0.3 is 6.03 Å². The number of carbonyl (C=O) groups is 1. The lowest BCUT2D eigenvalue weighted by Gasteiger charge is -2.18. The summed E-state index contributed by atoms with van der Waals surface area (Å²) in [6, 6.07) is 5.18. The van der Waals surface area contributed by atoms with E-state index in [1.807, 2.05) is 0 Å². The molecule has 0 aliphatic heterocycles. The number of urea groups is 1. The van der Waals surface area contributed by atoms with Gasteiger partial charge < -0.3 is 15.0 Å². The standard InChI is InChI=1S/C11H15ClN2O2/c1-13-11(15)14(2)7-8-6-9(12)4-5-10(8)16-3/h4-6H,7H2,1-3H3,(H,13,15). The van der Waals surface area contributed by atoms with Gasteiger partial charge in [-0.15, -0.1) is 0 Å². The van der Waals surface area contributed by atoms with Gasteiger partial charge in [0.15, 0.2) is 0 Å². The van der Waals surface area contributed by atoms with Gasteiger partial charge in [0.1, 0.15) is 5.75 Å². The summed E-state index contributed by atoms with van der Waals surface area (Å²) in [4.78, 5) is 12.9. The van der Waals surface area contributed by atoms with Gasteiger partial charge in [-0.3, -0.25) is 0 Å². The average molecular weight is 243 g/mol. The summed E-state index contributed by atoms with van der Waals surface area (Å²) in [5.74, 6) is 0.722. The van der Waals surface area contributed by atoms with Gasteiger partial charge in [0.05, 0.1) is 13.7 Å². The summed E-state index contributed by atoms with van der Waals surface area (Å²) in [5, 5.41) is 3.18. The Kier molecular flexibility index (Phi) is 4.43. The molecule has 2 amide bonds. The van der Waals surface area contributed by atoms with Crippen molar-refractivity contribution in [2.75, 3.05) is 21.2 Å². The van der Waals surface area contributed by atoms with Crippen LogP contribution < -0.4 is 10.1 Å². The summed E-state index contributed by atoms with van der Waals surface area (Å²) >= 11 is 5.90. The molecule has 0 spiro atoms. The van der Waals surface area contributed by atoms with Crippen LogP contribution in [-0.2, 0) is 6.54 Å². The molecule has 5 heteroatoms. The highest BCUT2D eigenvalue weighted by atomic mass is 35.5. The van der Waals surface area contributed by atoms with Crippen molar-refractivity contribution < 1.29 is 9.53 Å². The Balaban J connectivity index is 2.86. The van der Waals surface area contributed by atoms with Crippen LogP contribution in [0.15, 0.2) is 18.2 Å². The Labute approximate surface area is 100 Å². The molecule has 1 aromatic carbocycles. The molecule has 0 bridgehead atoms. The molecule has 4 nitrogen and oxygen atoms in total. The molecule has 0 fully saturated rings. The van der Waals surface area contributed by atoms with Gasteiger partial charge in [0.2, 0.25) is 0 Å². The van der Waals surface area contributed by atoms with E-state index in [0.717, 1.165) is 11.3 Å². The van der Waals surface area contributed by atoms with E-state index in [0.29, 0.717) is 11.6 Å². The number of hydrogen-bond acceptors (Lipinski definition) is 2. The second-order valence-corrected chi connectivity index (χ2v) is 3.80. The second-order valence-electron chi connectivity index (χ2n) is 3.37. The molecule has 0 aliphatic carbocycles. The summed E-state index contributed by atoms with van der Waals surface area (Å²) in [6.45, 7) is 0.448. The summed E-state index contributed by atoms with van der Waals surface area (Å²) in [5.41, 5.74) is 0.876. The van der Waals surface area contributed by atoms with Crippen molar-refractivity contribution in [3.63, 3.8) is 0 Å². The highest BCUT2D eigenvalue weighted by Crippen LogP contribution is 2.23. The molecule has 88 valence electrons. The normalized spacial score (nSPS) is 9.75. The third kappa shape index (κ3) is 3.03. The molecule has 1 aromatic rings. The first kappa shape index (κ1) is 12.6. The summed E-state index contributed by atoms with van der Waals surface area (Å²) in [7, 11) is 4.89. The van der Waals surface area contributed by atoms with Crippen LogP contribution in [0.3, 0.4) is 0 Å². The number of amides is 2. The number of benzene rings is 1. The van der Waals surface area contributed by atoms with Gasteiger partial charge in [0, 0.05) is 24.7 Å². The van der Waals surface area contributed by atoms with E-state index in [2.05, 4.69) is 5.32 Å². The first-order valence-electron chi connectivity index (χ1n) is 4.83. The first-order valence-corrected chi connectivity index (χ1v) is 5.21. The van der Waals surface area contributed by atoms with Crippen molar-refractivity contribution in [2.24, 2.45) is 0 Å². The van der Waals surface area contributed by atoms with E-state index >= 15 is 0 Å². The Morgan fingerprint density at radius 3 is 2.81 bits per heavy atom. The molecule has 0 radical (unpaired) electrons. The van der Waals surface area contributed by atoms with Gasteiger partial charge in [-0.2, -0.15) is 0 Å². The maximum absolute atomic E-state index is 11.3. The minimum absolute atomic E-state index is 0.151. The number of hydrogen-bond donors (Lipinski definition) is 1. The predicted octanol–water partition coefficient (Wildman–Crippen LogP) is 2.12. The minimum atomic E-state index is -0.151. The number of ether oxygens (including phenoxy) is 1. The number of rotatable bonds is 3. The number of methoxy groups -OCH3 is 1. The Hall–Kier alpha value is -1.42. The molecule has 0 saturated heterocycles. The smallest absolute Gasteiger partial charge is 0.317 e. The molecule has 1 rings (SSSR count). The Bertz CT molecular complexity index is 382. The van der Waals surface area contributed by atoms with Crippen molar-refractivity contribution in [1.82, 2.24) is 10.2 Å². The third-order valence-corrected chi connectivity index (χ3v) is 2.45. The van der Waals surface area contributed by atoms with Crippen LogP contribution in [0.25, 0.3) is 0 Å². The molecule has 0 aromatic heterocycles. The summed E-state index contributed by atoms with van der Waals surface area (Å²) < 4.78 is 5.20. The van der Waals surface area contributed by atoms with Crippen molar-refractivity contribution in [2.45, 2.75) is 6.54 Å². The van der Waals surface area contributed by atoms with Crippen LogP contribution in [0, 0.1) is 0 Å². The zero-order valence-electron chi connectivity index (χ0n) is 9.58. The van der Waals surface area contributed by atoms with Crippen molar-refractivity contribution in [3.8, 4) is 5.75 Å². The van der Waals surface area contributed by atoms with Crippen LogP contribution >= 0.6 is 11.6 Å². The highest BCUT2D eigenvalue weighted by Gasteiger charge is 2.10. The molecule has 1 N–H and O–H groups in total. The molecular formula is C11H15ClN2O2. The van der Waals surface area contributed by atoms with E-state index in [4.69, 9.17) is 16.3 Å². The van der Waals surface area contributed by atoms with Crippen LogP contribution in [0.5, 0.6) is 5.75 Å². The van der Waals surface area contributed by atoms with Crippen molar-refractivity contribution in [1.29, 1.82) is 0 Å². The predicted molar refractivity (Wildman–Crippen MR) is 63.9 cm³/mol. The quantitative estimate of drug-likeness (QED) is 0.882. The van der Waals surface area contributed by atoms with E-state index in [-0.39, 0.29) is 6.03 Å². The number of halogens is 1. The topological polar surface area (TPSA) is 41.6 Å². The number of nitrogens with one attached hydrogen (secondary N) is 1. The van der Waals surface area contributed by atoms with Crippen LogP contribution in [0.4, 0.5) is 4.79 Å². The van der Waals surface area contributed by atoms with E-state index < -0.39 is 0 Å². The highest BCUT2D eigenvalue weighted by molar-refractivity contribution is 6.30. The fourth-order valence-corrected chi connectivity index (χ4v) is 1.58. The lowest BCUT2D eigenvalue weighted by atomic mass is 10.2. The summed E-state index contributed by atoms with van der Waals surface area (Å²) in [6.07, 6.45) is 0. The SMILES string of the molecule is CNC(=O)N(C)Cc1cc(Cl)ccc1OC. The lowest BCUT2D eigenvalue weighted by molar-refractivity contribution is 0.208. The van der Waals surface area contributed by atoms with Gasteiger partial charge in [-0.25, -0.2) is 4.79 Å². The molecule has 0 heterocycles. The zero-order valence-corrected chi connectivity index (χ0v) is 10.3. The monoisotopic (exact) mass is 242 g/mol. The van der Waals surface area contributed by atoms with Crippen molar-refractivity contribution >= 4 is 17.6 Å². The van der Waals surface area contributed by atoms with E-state index in [9.17, 15) is 4.79 Å². The number of nitrogens with zero attached hydrogens (tertiary/aromatic N) is 1. The molecule has 0 saturated carbocycles. The largest absolute Gasteiger partial charge is 0.496 e. The van der Waals surface area contributed by atoms with Crippen LogP contribution in [0.1, 0.15) is 5.56 Å². The Morgan fingerprint density at radius 1 is 1.56 bits per heavy atom. The van der Waals surface area contributed by atoms with Gasteiger partial charge in [-0.05, 0) is 18.2 Å². The van der Waals surface area contributed by atoms with E-state index in [1.165, 1.54) is 0 Å². The number of carbonyl (C=O) groups excluding carboxylic acids is 1. The molecule has 0 aliphatic rings. The first-order chi connectivity index (χ1) is 7.58. The Morgan fingerprint density at radius 2 is 2.25 bits per heavy atom. The van der Waals surface area contributed by atoms with Crippen LogP contribution in [0.2, 0.25) is 5.02 Å². The van der Waals surface area contributed by atoms with Crippen LogP contribution in [-0.4, -0.2) is 32.1 Å². The van der Waals surface area contributed by atoms with Gasteiger partial charge in [-0.1, -0.05) is 11.6 Å². The fourth-order valence-electron chi connectivity index (χ4n) is 1.39. The van der Waals surface area contributed by atoms with Gasteiger partial charge in [0.25, 0.3) is 0 Å². The molecule has 0 atom stereocenters. The molecule has 16 heavy (non-hydrogen) atoms. The third-order valence-electron chi connectivity index (χ3n) is 2.21. The zero-order chi connectivity index (χ0) is 12.1. The average Bonchev–Trinajstić information content (AvgIpc) is 2.28. The second kappa shape index (κ2) is 5.61. The molecule has 0 unspecified atom stereocenters.